The van der Waals surface area contributed by atoms with E-state index in [4.69, 9.17) is 4.42 Å². The zero-order chi connectivity index (χ0) is 83.8. The number of Topliss-reactive ketones (excluding diaryl/α,β-unsaturated/α-hetero) is 4. The molecule has 30 heteroatoms. The van der Waals surface area contributed by atoms with Crippen molar-refractivity contribution in [2.75, 3.05) is 107 Å². The Morgan fingerprint density at radius 1 is 0.458 bits per heavy atom. The zero-order valence-electron chi connectivity index (χ0n) is 70.2. The van der Waals surface area contributed by atoms with Gasteiger partial charge in [-0.2, -0.15) is 18.2 Å². The number of H-pyrrole nitrogens is 5. The van der Waals surface area contributed by atoms with Gasteiger partial charge in [-0.15, -0.1) is 25.5 Å². The summed E-state index contributed by atoms with van der Waals surface area (Å²) in [7, 11) is 7.93. The number of alkyl halides is 3. The van der Waals surface area contributed by atoms with E-state index < -0.39 is 12.2 Å². The molecule has 4 saturated heterocycles. The van der Waals surface area contributed by atoms with Crippen molar-refractivity contribution in [3.05, 3.63) is 172 Å². The third-order valence-corrected chi connectivity index (χ3v) is 26.2. The Hall–Kier alpha value is -9.98. The number of hydrogen-bond acceptors (Lipinski definition) is 22. The van der Waals surface area contributed by atoms with Crippen LogP contribution in [0.1, 0.15) is 158 Å². The lowest BCUT2D eigenvalue weighted by Gasteiger charge is -2.42. The SMILES string of the molecule is CC(CC(=O)c1cnc(N2C[C@@H](C)N(C)[C@H](C)C2)o1)Cc1c[nH]c2ccccc12.CC(CC(=O)c1nc(N2C[C@@H](C)N(C)[C@H](C)C2)n[nH]1)Cc1c[nH]c2ccccc12.CC(CC(=O)c1nnc(N2CCN(C)C(C(F)(F)F)C2)s1)Cc1c[nH]c2ccccc12.CC(CC(=O)c1nnc(N2C[C@@H](C)N(C)[C@H](C)C2)s1)Cc1c[nH]c2ccccc12. The van der Waals surface area contributed by atoms with Crippen LogP contribution in [0.5, 0.6) is 0 Å². The van der Waals surface area contributed by atoms with Gasteiger partial charge in [-0.05, 0) is 166 Å². The second kappa shape index (κ2) is 38.0. The van der Waals surface area contributed by atoms with Crippen LogP contribution in [0.25, 0.3) is 43.6 Å². The van der Waals surface area contributed by atoms with Crippen molar-refractivity contribution in [3.8, 4) is 0 Å². The van der Waals surface area contributed by atoms with Crippen LogP contribution in [0.4, 0.5) is 35.4 Å². The number of likely N-dealkylation sites (N-methyl/N-ethyl adjacent to an activating group) is 4. The van der Waals surface area contributed by atoms with Crippen LogP contribution in [0, 0.1) is 23.7 Å². The van der Waals surface area contributed by atoms with Gasteiger partial charge >= 0.3 is 6.18 Å². The summed E-state index contributed by atoms with van der Waals surface area (Å²) >= 11 is 2.51. The summed E-state index contributed by atoms with van der Waals surface area (Å²) in [6.45, 7) is 27.4. The first-order valence-electron chi connectivity index (χ1n) is 41.3. The Labute approximate surface area is 695 Å². The summed E-state index contributed by atoms with van der Waals surface area (Å²) in [6.07, 6.45) is 10.4. The number of hydrogen-bond donors (Lipinski definition) is 5. The van der Waals surface area contributed by atoms with Crippen molar-refractivity contribution in [1.29, 1.82) is 0 Å². The van der Waals surface area contributed by atoms with Gasteiger partial charge < -0.3 is 44.0 Å². The number of nitrogens with one attached hydrogen (secondary N) is 5. The molecule has 0 radical (unpaired) electrons. The Bertz CT molecular complexity index is 4930. The normalized spacial score (nSPS) is 20.9. The number of aromatic amines is 5. The topological polar surface area (TPSA) is 277 Å². The Morgan fingerprint density at radius 2 is 0.814 bits per heavy atom. The first-order valence-corrected chi connectivity index (χ1v) is 42.9. The van der Waals surface area contributed by atoms with Gasteiger partial charge in [0.05, 0.1) is 6.20 Å². The van der Waals surface area contributed by atoms with E-state index in [-0.39, 0.29) is 64.9 Å². The number of nitrogens with zero attached hydrogens (tertiary/aromatic N) is 15. The molecule has 5 N–H and O–H groups in total. The highest BCUT2D eigenvalue weighted by molar-refractivity contribution is 7.17. The number of ketones is 4. The molecular formula is C88H113F3N20O5S2. The maximum Gasteiger partial charge on any atom is 0.405 e. The van der Waals surface area contributed by atoms with Crippen molar-refractivity contribution in [2.24, 2.45) is 23.7 Å². The third kappa shape index (κ3) is 20.8. The number of carbonyl (C=O) groups excluding carboxylic acids is 4. The van der Waals surface area contributed by atoms with Gasteiger partial charge in [-0.1, -0.05) is 123 Å². The summed E-state index contributed by atoms with van der Waals surface area (Å²) in [5, 5.41) is 30.6. The summed E-state index contributed by atoms with van der Waals surface area (Å²) in [5.41, 5.74) is 9.40. The number of carbonyl (C=O) groups is 4. The molecule has 0 amide bonds. The quantitative estimate of drug-likeness (QED) is 0.0352. The molecule has 118 heavy (non-hydrogen) atoms. The van der Waals surface area contributed by atoms with Crippen LogP contribution < -0.4 is 19.6 Å². The van der Waals surface area contributed by atoms with Crippen LogP contribution in [-0.2, 0) is 25.7 Å². The Kier molecular flexibility index (Phi) is 27.6. The minimum atomic E-state index is -4.31. The van der Waals surface area contributed by atoms with E-state index >= 15 is 0 Å². The molecule has 4 aliphatic heterocycles. The van der Waals surface area contributed by atoms with Crippen LogP contribution in [0.2, 0.25) is 0 Å². The van der Waals surface area contributed by atoms with Crippen LogP contribution in [-0.4, -0.2) is 239 Å². The van der Waals surface area contributed by atoms with Gasteiger partial charge in [0, 0.05) is 189 Å². The number of oxazole rings is 1. The predicted octanol–water partition coefficient (Wildman–Crippen LogP) is 15.6. The monoisotopic (exact) mass is 1650 g/mol. The summed E-state index contributed by atoms with van der Waals surface area (Å²) in [5.74, 6) is 2.15. The van der Waals surface area contributed by atoms with Crippen LogP contribution in [0.3, 0.4) is 0 Å². The number of anilines is 4. The number of aromatic nitrogens is 12. The number of benzene rings is 4. The lowest BCUT2D eigenvalue weighted by Crippen LogP contribution is -2.57. The highest BCUT2D eigenvalue weighted by atomic mass is 32.1. The summed E-state index contributed by atoms with van der Waals surface area (Å²) < 4.78 is 45.6. The number of halogens is 3. The molecule has 0 aliphatic carbocycles. The molecule has 4 aliphatic rings. The molecule has 12 heterocycles. The molecule has 16 rings (SSSR count). The molecule has 628 valence electrons. The van der Waals surface area contributed by atoms with Crippen molar-refractivity contribution < 1.29 is 36.8 Å². The minimum absolute atomic E-state index is 0.0197. The molecule has 11 atom stereocenters. The van der Waals surface area contributed by atoms with Crippen molar-refractivity contribution in [3.63, 3.8) is 0 Å². The van der Waals surface area contributed by atoms with E-state index in [1.54, 1.807) is 11.1 Å². The molecule has 25 nitrogen and oxygen atoms in total. The fraction of sp³-hybridized carbons (Fsp3) is 0.489. The lowest BCUT2D eigenvalue weighted by molar-refractivity contribution is -0.180. The fourth-order valence-corrected chi connectivity index (χ4v) is 18.3. The van der Waals surface area contributed by atoms with Gasteiger partial charge in [-0.3, -0.25) is 43.9 Å². The standard InChI is InChI=1S/C23H30N4O2.C22H30N6O.C22H29N5OS.C21H24F3N5OS/c1-15(9-18-11-24-20-8-6-5-7-19(18)20)10-21(28)22-12-25-23(29-22)27-13-16(2)26(4)17(3)14-27;1-14(9-17-11-23-19-8-6-5-7-18(17)19)10-20(29)21-24-22(26-25-21)28-12-15(2)27(4)16(3)13-28;1-14(9-17-11-23-19-8-6-5-7-18(17)19)10-20(28)21-24-25-22(29-21)27-12-15(2)26(4)16(3)13-27;1-13(9-14-11-25-16-6-4-3-5-15(14)16)10-17(30)19-26-27-20(31-19)29-8-7-28(2)18(12-29)21(22,23)24/h5-8,11-12,15-17,24H,9-10,13-14H2,1-4H3;5-8,11,14-16,23H,9-10,12-13H2,1-4H3,(H,24,25,26);5-8,11,14-16,23H,9-10,12-13H2,1-4H3;3-6,11,13,18,25H,7-10,12H2,1-2H3/t15?,16-,17-;2*14?,15-,16-;/m111./s1. The van der Waals surface area contributed by atoms with Gasteiger partial charge in [0.2, 0.25) is 16.2 Å². The van der Waals surface area contributed by atoms with E-state index in [0.717, 1.165) is 114 Å². The smallest absolute Gasteiger partial charge is 0.405 e. The number of piperazine rings is 4. The van der Waals surface area contributed by atoms with E-state index in [9.17, 15) is 32.3 Å². The minimum Gasteiger partial charge on any atom is -0.420 e. The average Bonchev–Trinajstić information content (AvgIpc) is 1.21. The highest BCUT2D eigenvalue weighted by Gasteiger charge is 2.46. The molecule has 0 spiro atoms. The van der Waals surface area contributed by atoms with Gasteiger partial charge in [0.1, 0.15) is 6.04 Å². The molecule has 0 bridgehead atoms. The largest absolute Gasteiger partial charge is 0.420 e. The maximum atomic E-state index is 13.3. The van der Waals surface area contributed by atoms with Gasteiger partial charge in [0.25, 0.3) is 6.01 Å². The summed E-state index contributed by atoms with van der Waals surface area (Å²) in [6, 6.07) is 34.5. The van der Waals surface area contributed by atoms with Crippen molar-refractivity contribution in [2.45, 2.75) is 169 Å². The predicted molar refractivity (Wildman–Crippen MR) is 465 cm³/mol. The van der Waals surface area contributed by atoms with E-state index in [1.165, 1.54) is 56.1 Å². The van der Waals surface area contributed by atoms with Gasteiger partial charge in [0.15, 0.2) is 44.7 Å². The van der Waals surface area contributed by atoms with Crippen LogP contribution in [0.15, 0.2) is 132 Å². The Balaban J connectivity index is 0.000000136. The van der Waals surface area contributed by atoms with E-state index in [2.05, 4.69) is 228 Å². The van der Waals surface area contributed by atoms with Crippen molar-refractivity contribution in [1.82, 2.24) is 80.1 Å². The average molecular weight is 1650 g/mol. The lowest BCUT2D eigenvalue weighted by atomic mass is 9.95. The molecular weight excluding hydrogens is 1540 g/mol. The molecule has 4 fully saturated rings. The number of fused-ring (bicyclic) bond motifs is 4. The molecule has 4 aromatic carbocycles. The maximum absolute atomic E-state index is 13.3. The molecule has 0 saturated carbocycles. The third-order valence-electron chi connectivity index (χ3n) is 24.1. The molecule has 5 unspecified atom stereocenters. The first kappa shape index (κ1) is 85.9. The zero-order valence-corrected chi connectivity index (χ0v) is 71.8. The second-order valence-corrected chi connectivity index (χ2v) is 35.7. The molecule has 12 aromatic rings. The molecule has 8 aromatic heterocycles. The number of rotatable bonds is 24. The van der Waals surface area contributed by atoms with E-state index in [1.807, 2.05) is 74.0 Å². The first-order chi connectivity index (χ1) is 56.5. The van der Waals surface area contributed by atoms with Crippen molar-refractivity contribution >= 4 is 112 Å². The number of para-hydroxylation sites is 4. The fourth-order valence-electron chi connectivity index (χ4n) is 16.7. The highest BCUT2D eigenvalue weighted by Crippen LogP contribution is 2.35. The second-order valence-electron chi connectivity index (χ2n) is 33.7. The van der Waals surface area contributed by atoms with Gasteiger partial charge in [-0.25, -0.2) is 4.98 Å². The summed E-state index contributed by atoms with van der Waals surface area (Å²) in [4.78, 5) is 89.6. The van der Waals surface area contributed by atoms with Crippen LogP contribution >= 0.6 is 22.7 Å². The Morgan fingerprint density at radius 3 is 1.21 bits per heavy atom. The van der Waals surface area contributed by atoms with E-state index in [0.29, 0.717) is 102 Å².